The van der Waals surface area contributed by atoms with E-state index in [-0.39, 0.29) is 0 Å². The van der Waals surface area contributed by atoms with Crippen LogP contribution in [0.25, 0.3) is 10.9 Å². The summed E-state index contributed by atoms with van der Waals surface area (Å²) in [4.78, 5) is 2.55. The highest BCUT2D eigenvalue weighted by atomic mass is 16.5. The molecule has 2 aliphatic heterocycles. The number of hydrogen-bond acceptors (Lipinski definition) is 4. The molecule has 0 aliphatic carbocycles. The van der Waals surface area contributed by atoms with E-state index >= 15 is 0 Å². The Morgan fingerprint density at radius 1 is 1.13 bits per heavy atom. The van der Waals surface area contributed by atoms with E-state index in [1.807, 2.05) is 12.1 Å². The van der Waals surface area contributed by atoms with Gasteiger partial charge in [0, 0.05) is 49.1 Å². The molecule has 0 radical (unpaired) electrons. The van der Waals surface area contributed by atoms with E-state index in [4.69, 9.17) is 9.84 Å². The molecule has 5 heteroatoms. The van der Waals surface area contributed by atoms with E-state index in [1.54, 1.807) is 7.11 Å². The van der Waals surface area contributed by atoms with Crippen molar-refractivity contribution in [2.75, 3.05) is 37.2 Å². The molecule has 0 unspecified atom stereocenters. The van der Waals surface area contributed by atoms with Gasteiger partial charge in [-0.05, 0) is 50.3 Å². The summed E-state index contributed by atoms with van der Waals surface area (Å²) in [7, 11) is 5.91. The number of rotatable bonds is 4. The van der Waals surface area contributed by atoms with Crippen LogP contribution in [0.1, 0.15) is 36.5 Å². The van der Waals surface area contributed by atoms with Crippen LogP contribution in [0, 0.1) is 0 Å². The van der Waals surface area contributed by atoms with E-state index in [0.29, 0.717) is 0 Å². The van der Waals surface area contributed by atoms with Gasteiger partial charge in [-0.25, -0.2) is 4.57 Å². The normalized spacial score (nSPS) is 15.7. The second-order valence-corrected chi connectivity index (χ2v) is 8.68. The number of hydrogen-bond donors (Lipinski definition) is 0. The minimum atomic E-state index is 0.980. The highest BCUT2D eigenvalue weighted by Crippen LogP contribution is 2.45. The fourth-order valence-corrected chi connectivity index (χ4v) is 5.30. The summed E-state index contributed by atoms with van der Waals surface area (Å²) in [5.41, 5.74) is 8.64. The fourth-order valence-electron chi connectivity index (χ4n) is 5.30. The number of benzene rings is 2. The van der Waals surface area contributed by atoms with Gasteiger partial charge < -0.3 is 9.64 Å². The Balaban J connectivity index is 1.59. The van der Waals surface area contributed by atoms with Crippen molar-refractivity contribution in [1.29, 1.82) is 0 Å². The van der Waals surface area contributed by atoms with Crippen LogP contribution in [-0.2, 0) is 19.9 Å². The minimum Gasteiger partial charge on any atom is -0.494 e. The number of fused-ring (bicyclic) bond motifs is 1. The molecule has 3 heterocycles. The van der Waals surface area contributed by atoms with Crippen molar-refractivity contribution in [3.05, 3.63) is 59.3 Å². The molecule has 0 bridgehead atoms. The second-order valence-electron chi connectivity index (χ2n) is 8.68. The van der Waals surface area contributed by atoms with Crippen LogP contribution < -0.4 is 19.2 Å². The minimum absolute atomic E-state index is 0.980. The van der Waals surface area contributed by atoms with Gasteiger partial charge in [0.15, 0.2) is 6.20 Å². The molecule has 3 aromatic rings. The third-order valence-corrected chi connectivity index (χ3v) is 6.73. The monoisotopic (exact) mass is 415 g/mol. The summed E-state index contributed by atoms with van der Waals surface area (Å²) in [6, 6.07) is 12.9. The first kappa shape index (κ1) is 19.9. The molecule has 5 rings (SSSR count). The van der Waals surface area contributed by atoms with Crippen molar-refractivity contribution in [3.8, 4) is 5.75 Å². The van der Waals surface area contributed by atoms with Gasteiger partial charge in [-0.2, -0.15) is 5.10 Å². The molecule has 0 amide bonds. The quantitative estimate of drug-likeness (QED) is 0.363. The van der Waals surface area contributed by atoms with Gasteiger partial charge in [0.05, 0.1) is 18.2 Å². The Morgan fingerprint density at radius 2 is 1.90 bits per heavy atom. The number of hydrazone groups is 1. The van der Waals surface area contributed by atoms with E-state index < -0.39 is 0 Å². The number of ether oxygens (including phenoxy) is 1. The van der Waals surface area contributed by atoms with Crippen molar-refractivity contribution < 1.29 is 9.30 Å². The Kier molecular flexibility index (Phi) is 5.05. The number of para-hydroxylation sites is 1. The van der Waals surface area contributed by atoms with Crippen LogP contribution in [0.2, 0.25) is 0 Å². The lowest BCUT2D eigenvalue weighted by Gasteiger charge is -2.38. The maximum atomic E-state index is 5.97. The second kappa shape index (κ2) is 7.88. The summed E-state index contributed by atoms with van der Waals surface area (Å²) in [6.45, 7) is 4.41. The van der Waals surface area contributed by atoms with Crippen LogP contribution in [0.4, 0.5) is 11.4 Å². The van der Waals surface area contributed by atoms with Gasteiger partial charge in [-0.1, -0.05) is 12.1 Å². The Morgan fingerprint density at radius 3 is 2.71 bits per heavy atom. The van der Waals surface area contributed by atoms with Gasteiger partial charge in [-0.3, -0.25) is 5.01 Å². The molecule has 1 aromatic heterocycles. The first-order valence-electron chi connectivity index (χ1n) is 11.2. The number of nitrogens with zero attached hydrogens (tertiary/aromatic N) is 4. The Hall–Kier alpha value is -3.08. The Bertz CT molecular complexity index is 1180. The van der Waals surface area contributed by atoms with E-state index in [0.717, 1.165) is 48.6 Å². The lowest BCUT2D eigenvalue weighted by atomic mass is 9.90. The van der Waals surface area contributed by atoms with Crippen molar-refractivity contribution >= 4 is 28.0 Å². The lowest BCUT2D eigenvalue weighted by molar-refractivity contribution is -0.644. The average Bonchev–Trinajstić information content (AvgIpc) is 2.79. The molecule has 2 aliphatic rings. The molecule has 31 heavy (non-hydrogen) atoms. The van der Waals surface area contributed by atoms with Crippen LogP contribution in [0.15, 0.2) is 47.7 Å². The van der Waals surface area contributed by atoms with Crippen molar-refractivity contribution in [1.82, 2.24) is 0 Å². The summed E-state index contributed by atoms with van der Waals surface area (Å²) < 4.78 is 8.12. The topological polar surface area (TPSA) is 31.9 Å². The average molecular weight is 416 g/mol. The molecule has 0 N–H and O–H groups in total. The molecule has 160 valence electrons. The maximum absolute atomic E-state index is 5.97. The van der Waals surface area contributed by atoms with Gasteiger partial charge in [0.25, 0.3) is 0 Å². The summed E-state index contributed by atoms with van der Waals surface area (Å²) in [5.74, 6) is 0.980. The van der Waals surface area contributed by atoms with E-state index in [2.05, 4.69) is 66.0 Å². The zero-order valence-electron chi connectivity index (χ0n) is 19.0. The summed E-state index contributed by atoms with van der Waals surface area (Å²) >= 11 is 0. The van der Waals surface area contributed by atoms with Gasteiger partial charge >= 0.3 is 0 Å². The van der Waals surface area contributed by atoms with Crippen molar-refractivity contribution in [3.63, 3.8) is 0 Å². The maximum Gasteiger partial charge on any atom is 0.212 e. The van der Waals surface area contributed by atoms with E-state index in [9.17, 15) is 0 Å². The molecule has 5 nitrogen and oxygen atoms in total. The fraction of sp³-hybridized carbons (Fsp3) is 0.385. The summed E-state index contributed by atoms with van der Waals surface area (Å²) in [5, 5.41) is 8.23. The third kappa shape index (κ3) is 3.32. The van der Waals surface area contributed by atoms with E-state index in [1.165, 1.54) is 40.6 Å². The van der Waals surface area contributed by atoms with Crippen LogP contribution in [0.3, 0.4) is 0 Å². The number of aryl methyl sites for hydroxylation is 2. The van der Waals surface area contributed by atoms with Gasteiger partial charge in [0.1, 0.15) is 18.5 Å². The number of methoxy groups -OCH3 is 1. The standard InChI is InChI=1S/C26H31N4O/c1-18(20-13-16-28(2)23-12-6-5-10-21(20)23)27-29(3)24-17-19-9-7-14-30-15-8-11-22(25(19)30)26(24)31-4/h5-6,10,12-13,16-17H,7-9,11,14-15H2,1-4H3/q+1. The van der Waals surface area contributed by atoms with Crippen LogP contribution in [0.5, 0.6) is 5.75 Å². The van der Waals surface area contributed by atoms with Crippen molar-refractivity contribution in [2.24, 2.45) is 12.1 Å². The van der Waals surface area contributed by atoms with Crippen molar-refractivity contribution in [2.45, 2.75) is 32.6 Å². The van der Waals surface area contributed by atoms with Gasteiger partial charge in [-0.15, -0.1) is 0 Å². The molecule has 2 aromatic carbocycles. The zero-order chi connectivity index (χ0) is 21.5. The highest BCUT2D eigenvalue weighted by molar-refractivity contribution is 6.08. The molecule has 0 spiro atoms. The summed E-state index contributed by atoms with van der Waals surface area (Å²) in [6.07, 6.45) is 6.72. The smallest absolute Gasteiger partial charge is 0.212 e. The Labute approximate surface area is 184 Å². The van der Waals surface area contributed by atoms with Gasteiger partial charge in [0.2, 0.25) is 5.52 Å². The number of aromatic nitrogens is 1. The third-order valence-electron chi connectivity index (χ3n) is 6.73. The predicted molar refractivity (Wildman–Crippen MR) is 128 cm³/mol. The van der Waals surface area contributed by atoms with Crippen LogP contribution in [-0.4, -0.2) is 33.0 Å². The van der Waals surface area contributed by atoms with Crippen LogP contribution >= 0.6 is 0 Å². The zero-order valence-corrected chi connectivity index (χ0v) is 19.0. The number of anilines is 2. The molecule has 0 atom stereocenters. The molecule has 0 fully saturated rings. The molecule has 0 saturated carbocycles. The lowest BCUT2D eigenvalue weighted by Crippen LogP contribution is -2.35. The molecule has 0 saturated heterocycles. The highest BCUT2D eigenvalue weighted by Gasteiger charge is 2.29. The first-order chi connectivity index (χ1) is 15.1. The largest absolute Gasteiger partial charge is 0.494 e. The first-order valence-corrected chi connectivity index (χ1v) is 11.2. The number of pyridine rings is 1. The predicted octanol–water partition coefficient (Wildman–Crippen LogP) is 4.23. The molecular formula is C26H31N4O+. The molecular weight excluding hydrogens is 384 g/mol. The SMILES string of the molecule is COc1c(N(C)/N=C(\C)c2cc[n+](C)c3ccccc23)cc2c3c1CCCN3CCC2.